The van der Waals surface area contributed by atoms with Crippen LogP contribution in [0.3, 0.4) is 0 Å². The van der Waals surface area contributed by atoms with Gasteiger partial charge < -0.3 is 14.4 Å². The molecule has 4 heteroatoms. The van der Waals surface area contributed by atoms with E-state index in [4.69, 9.17) is 4.42 Å². The van der Waals surface area contributed by atoms with E-state index >= 15 is 0 Å². The quantitative estimate of drug-likeness (QED) is 0.693. The van der Waals surface area contributed by atoms with Gasteiger partial charge in [-0.3, -0.25) is 0 Å². The van der Waals surface area contributed by atoms with Crippen LogP contribution in [0, 0.1) is 11.8 Å². The molecule has 110 valence electrons. The monoisotopic (exact) mass is 285 g/mol. The van der Waals surface area contributed by atoms with Crippen LogP contribution < -0.4 is 10.5 Å². The maximum absolute atomic E-state index is 11.7. The molecule has 0 amide bonds. The molecule has 0 radical (unpaired) electrons. The fourth-order valence-corrected chi connectivity index (χ4v) is 2.40. The molecule has 1 unspecified atom stereocenters. The number of fused-ring (bicyclic) bond motifs is 1. The fraction of sp³-hybridized carbons (Fsp3) is 0.353. The molecule has 2 rings (SSSR count). The van der Waals surface area contributed by atoms with Gasteiger partial charge in [-0.15, -0.1) is 5.92 Å². The van der Waals surface area contributed by atoms with Gasteiger partial charge in [-0.1, -0.05) is 5.92 Å². The zero-order chi connectivity index (χ0) is 15.4. The topological polar surface area (TPSA) is 53.7 Å². The molecule has 2 aromatic rings. The summed E-state index contributed by atoms with van der Waals surface area (Å²) < 4.78 is 5.27. The summed E-state index contributed by atoms with van der Waals surface area (Å²) in [5.74, 6) is 5.31. The lowest BCUT2D eigenvalue weighted by molar-refractivity contribution is 0.239. The molecule has 1 heterocycles. The van der Waals surface area contributed by atoms with Crippen molar-refractivity contribution in [3.05, 3.63) is 40.2 Å². The second-order valence-corrected chi connectivity index (χ2v) is 4.67. The van der Waals surface area contributed by atoms with Crippen LogP contribution in [-0.4, -0.2) is 18.2 Å². The molecule has 0 aliphatic heterocycles. The third kappa shape index (κ3) is 3.09. The molecule has 0 saturated heterocycles. The predicted molar refractivity (Wildman–Crippen MR) is 84.5 cm³/mol. The summed E-state index contributed by atoms with van der Waals surface area (Å²) >= 11 is 0. The van der Waals surface area contributed by atoms with Crippen molar-refractivity contribution in [2.75, 3.05) is 18.0 Å². The van der Waals surface area contributed by atoms with Crippen LogP contribution in [0.15, 0.2) is 33.5 Å². The lowest BCUT2D eigenvalue weighted by Crippen LogP contribution is -2.21. The predicted octanol–water partition coefficient (Wildman–Crippen LogP) is 2.70. The summed E-state index contributed by atoms with van der Waals surface area (Å²) in [6.45, 7) is 7.53. The van der Waals surface area contributed by atoms with Crippen molar-refractivity contribution < 1.29 is 9.52 Å². The molecule has 1 N–H and O–H groups in total. The minimum Gasteiger partial charge on any atom is -0.423 e. The number of hydrogen-bond donors (Lipinski definition) is 1. The van der Waals surface area contributed by atoms with Crippen LogP contribution in [-0.2, 0) is 0 Å². The Hall–Kier alpha value is -2.25. The van der Waals surface area contributed by atoms with Gasteiger partial charge in [-0.25, -0.2) is 4.79 Å². The number of aliphatic hydroxyl groups is 1. The number of benzene rings is 1. The Kier molecular flexibility index (Phi) is 4.66. The van der Waals surface area contributed by atoms with Crippen LogP contribution in [0.1, 0.15) is 32.4 Å². The van der Waals surface area contributed by atoms with E-state index in [9.17, 15) is 9.90 Å². The van der Waals surface area contributed by atoms with Crippen molar-refractivity contribution in [3.63, 3.8) is 0 Å². The van der Waals surface area contributed by atoms with E-state index in [2.05, 4.69) is 30.6 Å². The Morgan fingerprint density at radius 1 is 1.29 bits per heavy atom. The van der Waals surface area contributed by atoms with E-state index in [1.54, 1.807) is 6.92 Å². The minimum atomic E-state index is -0.985. The first-order valence-electron chi connectivity index (χ1n) is 7.03. The molecule has 0 fully saturated rings. The molecule has 1 aromatic carbocycles. The van der Waals surface area contributed by atoms with E-state index in [1.807, 2.05) is 18.2 Å². The summed E-state index contributed by atoms with van der Waals surface area (Å²) in [6, 6.07) is 6.96. The number of rotatable bonds is 4. The second-order valence-electron chi connectivity index (χ2n) is 4.67. The smallest absolute Gasteiger partial charge is 0.336 e. The van der Waals surface area contributed by atoms with Gasteiger partial charge in [-0.05, 0) is 32.9 Å². The highest BCUT2D eigenvalue weighted by Crippen LogP contribution is 2.26. The average molecular weight is 285 g/mol. The van der Waals surface area contributed by atoms with Gasteiger partial charge in [0, 0.05) is 41.9 Å². The minimum absolute atomic E-state index is 0.471. The first kappa shape index (κ1) is 15.1. The maximum atomic E-state index is 11.7. The first-order chi connectivity index (χ1) is 10.1. The molecule has 21 heavy (non-hydrogen) atoms. The Bertz CT molecular complexity index is 748. The summed E-state index contributed by atoms with van der Waals surface area (Å²) in [7, 11) is 0. The Morgan fingerprint density at radius 3 is 2.62 bits per heavy atom. The third-order valence-corrected chi connectivity index (χ3v) is 3.46. The number of nitrogens with zero attached hydrogens (tertiary/aromatic N) is 1. The van der Waals surface area contributed by atoms with Gasteiger partial charge in [0.2, 0.25) is 0 Å². The number of hydrogen-bond acceptors (Lipinski definition) is 4. The van der Waals surface area contributed by atoms with Gasteiger partial charge in [-0.2, -0.15) is 0 Å². The SMILES string of the molecule is CC#CC(O)c1cc(=O)oc2cc(N(CC)CC)ccc12. The van der Waals surface area contributed by atoms with Crippen molar-refractivity contribution in [2.24, 2.45) is 0 Å². The van der Waals surface area contributed by atoms with E-state index < -0.39 is 11.7 Å². The van der Waals surface area contributed by atoms with Crippen LogP contribution in [0.4, 0.5) is 5.69 Å². The summed E-state index contributed by atoms with van der Waals surface area (Å²) in [6.07, 6.45) is -0.985. The number of aliphatic hydroxyl groups excluding tert-OH is 1. The Morgan fingerprint density at radius 2 is 2.00 bits per heavy atom. The molecule has 1 aromatic heterocycles. The normalized spacial score (nSPS) is 11.8. The third-order valence-electron chi connectivity index (χ3n) is 3.46. The van der Waals surface area contributed by atoms with Crippen molar-refractivity contribution in [1.29, 1.82) is 0 Å². The highest BCUT2D eigenvalue weighted by Gasteiger charge is 2.13. The van der Waals surface area contributed by atoms with Gasteiger partial charge in [0.25, 0.3) is 0 Å². The first-order valence-corrected chi connectivity index (χ1v) is 7.03. The van der Waals surface area contributed by atoms with Gasteiger partial charge in [0.1, 0.15) is 11.7 Å². The molecule has 0 saturated carbocycles. The van der Waals surface area contributed by atoms with Gasteiger partial charge >= 0.3 is 5.63 Å². The summed E-state index contributed by atoms with van der Waals surface area (Å²) in [4.78, 5) is 13.9. The van der Waals surface area contributed by atoms with Crippen LogP contribution in [0.25, 0.3) is 11.0 Å². The summed E-state index contributed by atoms with van der Waals surface area (Å²) in [5, 5.41) is 10.8. The zero-order valence-corrected chi connectivity index (χ0v) is 12.5. The molecule has 0 aliphatic carbocycles. The number of anilines is 1. The van der Waals surface area contributed by atoms with Gasteiger partial charge in [0.15, 0.2) is 0 Å². The van der Waals surface area contributed by atoms with Crippen molar-refractivity contribution >= 4 is 16.7 Å². The zero-order valence-electron chi connectivity index (χ0n) is 12.5. The van der Waals surface area contributed by atoms with Crippen molar-refractivity contribution in [3.8, 4) is 11.8 Å². The lowest BCUT2D eigenvalue weighted by Gasteiger charge is -2.21. The highest BCUT2D eigenvalue weighted by atomic mass is 16.4. The standard InChI is InChI=1S/C17H19NO3/c1-4-7-15(19)14-11-17(20)21-16-10-12(8-9-13(14)16)18(5-2)6-3/h8-11,15,19H,5-6H2,1-3H3. The van der Waals surface area contributed by atoms with Crippen molar-refractivity contribution in [1.82, 2.24) is 0 Å². The van der Waals surface area contributed by atoms with Crippen molar-refractivity contribution in [2.45, 2.75) is 26.9 Å². The maximum Gasteiger partial charge on any atom is 0.336 e. The van der Waals surface area contributed by atoms with Crippen LogP contribution in [0.2, 0.25) is 0 Å². The van der Waals surface area contributed by atoms with E-state index in [-0.39, 0.29) is 0 Å². The Labute approximate surface area is 124 Å². The largest absolute Gasteiger partial charge is 0.423 e. The lowest BCUT2D eigenvalue weighted by atomic mass is 10.0. The van der Waals surface area contributed by atoms with Gasteiger partial charge in [0.05, 0.1) is 0 Å². The van der Waals surface area contributed by atoms with E-state index in [0.29, 0.717) is 16.5 Å². The van der Waals surface area contributed by atoms with Crippen LogP contribution >= 0.6 is 0 Å². The molecule has 4 nitrogen and oxygen atoms in total. The molecule has 1 atom stereocenters. The van der Waals surface area contributed by atoms with E-state index in [0.717, 1.165) is 18.8 Å². The molecule has 0 bridgehead atoms. The fourth-order valence-electron chi connectivity index (χ4n) is 2.40. The van der Waals surface area contributed by atoms with Crippen LogP contribution in [0.5, 0.6) is 0 Å². The van der Waals surface area contributed by atoms with E-state index in [1.165, 1.54) is 6.07 Å². The highest BCUT2D eigenvalue weighted by molar-refractivity contribution is 5.84. The molecule has 0 spiro atoms. The molecular formula is C17H19NO3. The molecular weight excluding hydrogens is 266 g/mol. The second kappa shape index (κ2) is 6.47. The summed E-state index contributed by atoms with van der Waals surface area (Å²) in [5.41, 5.74) is 1.47. The average Bonchev–Trinajstić information content (AvgIpc) is 2.47. The molecule has 0 aliphatic rings. The Balaban J connectivity index is 2.63.